The Bertz CT molecular complexity index is 455. The minimum Gasteiger partial charge on any atom is -0.480 e. The maximum Gasteiger partial charge on any atom is 0.330 e. The van der Waals surface area contributed by atoms with Gasteiger partial charge in [0.1, 0.15) is 0 Å². The van der Waals surface area contributed by atoms with Crippen molar-refractivity contribution >= 4 is 17.6 Å². The highest BCUT2D eigenvalue weighted by Crippen LogP contribution is 2.15. The highest BCUT2D eigenvalue weighted by atomic mass is 16.4. The number of nitrogens with zero attached hydrogens (tertiary/aromatic N) is 2. The van der Waals surface area contributed by atoms with Crippen molar-refractivity contribution in [2.75, 3.05) is 31.1 Å². The second kappa shape index (κ2) is 5.71. The first-order chi connectivity index (χ1) is 9.09. The summed E-state index contributed by atoms with van der Waals surface area (Å²) in [6, 6.07) is 8.46. The highest BCUT2D eigenvalue weighted by molar-refractivity contribution is 6.00. The van der Waals surface area contributed by atoms with Gasteiger partial charge in [-0.05, 0) is 12.1 Å². The van der Waals surface area contributed by atoms with Crippen molar-refractivity contribution in [3.8, 4) is 0 Å². The van der Waals surface area contributed by atoms with Crippen LogP contribution < -0.4 is 10.6 Å². The molecule has 1 fully saturated rings. The van der Waals surface area contributed by atoms with Gasteiger partial charge in [0, 0.05) is 31.9 Å². The number of benzene rings is 1. The quantitative estimate of drug-likeness (QED) is 0.734. The van der Waals surface area contributed by atoms with Gasteiger partial charge in [0.15, 0.2) is 6.04 Å². The fourth-order valence-electron chi connectivity index (χ4n) is 2.13. The maximum atomic E-state index is 11.8. The fraction of sp³-hybridized carbons (Fsp3) is 0.385. The third-order valence-electron chi connectivity index (χ3n) is 3.24. The van der Waals surface area contributed by atoms with Crippen molar-refractivity contribution in [3.63, 3.8) is 0 Å². The Labute approximate surface area is 111 Å². The topological polar surface area (TPSA) is 86.9 Å². The standard InChI is InChI=1S/C13H17N3O3/c14-11(13(18)19)12(17)16-8-6-15(7-9-16)10-4-2-1-3-5-10/h1-5,11H,6-9,14H2,(H,18,19). The number of anilines is 1. The van der Waals surface area contributed by atoms with E-state index in [-0.39, 0.29) is 0 Å². The van der Waals surface area contributed by atoms with E-state index in [0.29, 0.717) is 26.2 Å². The van der Waals surface area contributed by atoms with E-state index < -0.39 is 17.9 Å². The van der Waals surface area contributed by atoms with Gasteiger partial charge in [-0.1, -0.05) is 18.2 Å². The van der Waals surface area contributed by atoms with Gasteiger partial charge in [-0.3, -0.25) is 4.79 Å². The lowest BCUT2D eigenvalue weighted by molar-refractivity contribution is -0.146. The molecule has 1 amide bonds. The molecule has 1 saturated heterocycles. The number of carboxylic acids is 1. The summed E-state index contributed by atoms with van der Waals surface area (Å²) in [7, 11) is 0. The third-order valence-corrected chi connectivity index (χ3v) is 3.24. The van der Waals surface area contributed by atoms with Gasteiger partial charge >= 0.3 is 5.97 Å². The van der Waals surface area contributed by atoms with Crippen LogP contribution in [0.5, 0.6) is 0 Å². The lowest BCUT2D eigenvalue weighted by Gasteiger charge is -2.36. The second-order valence-corrected chi connectivity index (χ2v) is 4.46. The summed E-state index contributed by atoms with van der Waals surface area (Å²) in [5.41, 5.74) is 6.44. The molecular weight excluding hydrogens is 246 g/mol. The maximum absolute atomic E-state index is 11.8. The molecule has 1 unspecified atom stereocenters. The van der Waals surface area contributed by atoms with Gasteiger partial charge < -0.3 is 20.6 Å². The monoisotopic (exact) mass is 263 g/mol. The molecule has 1 aliphatic heterocycles. The van der Waals surface area contributed by atoms with Crippen LogP contribution in [-0.2, 0) is 9.59 Å². The molecule has 6 nitrogen and oxygen atoms in total. The molecule has 1 atom stereocenters. The van der Waals surface area contributed by atoms with Crippen LogP contribution >= 0.6 is 0 Å². The lowest BCUT2D eigenvalue weighted by Crippen LogP contribution is -2.55. The van der Waals surface area contributed by atoms with Crippen molar-refractivity contribution in [3.05, 3.63) is 30.3 Å². The smallest absolute Gasteiger partial charge is 0.330 e. The Hall–Kier alpha value is -2.08. The van der Waals surface area contributed by atoms with Crippen molar-refractivity contribution in [2.24, 2.45) is 5.73 Å². The number of nitrogens with two attached hydrogens (primary N) is 1. The Morgan fingerprint density at radius 1 is 1.11 bits per heavy atom. The van der Waals surface area contributed by atoms with Crippen LogP contribution in [0.15, 0.2) is 30.3 Å². The van der Waals surface area contributed by atoms with Crippen molar-refractivity contribution in [2.45, 2.75) is 6.04 Å². The molecule has 0 aliphatic carbocycles. The van der Waals surface area contributed by atoms with Crippen molar-refractivity contribution < 1.29 is 14.7 Å². The molecule has 3 N–H and O–H groups in total. The number of amides is 1. The summed E-state index contributed by atoms with van der Waals surface area (Å²) in [5.74, 6) is -1.80. The molecular formula is C13H17N3O3. The minimum atomic E-state index is -1.46. The first kappa shape index (κ1) is 13.4. The first-order valence-electron chi connectivity index (χ1n) is 6.17. The number of rotatable bonds is 3. The molecule has 0 saturated carbocycles. The van der Waals surface area contributed by atoms with Crippen LogP contribution in [0.1, 0.15) is 0 Å². The summed E-state index contributed by atoms with van der Waals surface area (Å²) in [4.78, 5) is 26.1. The number of piperazine rings is 1. The van der Waals surface area contributed by atoms with Gasteiger partial charge in [0.05, 0.1) is 0 Å². The summed E-state index contributed by atoms with van der Waals surface area (Å²) in [6.45, 7) is 2.35. The van der Waals surface area contributed by atoms with E-state index >= 15 is 0 Å². The van der Waals surface area contributed by atoms with Crippen LogP contribution in [0.2, 0.25) is 0 Å². The van der Waals surface area contributed by atoms with Gasteiger partial charge in [0.25, 0.3) is 5.91 Å². The van der Waals surface area contributed by atoms with Gasteiger partial charge in [-0.2, -0.15) is 0 Å². The normalized spacial score (nSPS) is 17.1. The van der Waals surface area contributed by atoms with E-state index in [1.165, 1.54) is 4.90 Å². The van der Waals surface area contributed by atoms with E-state index in [1.54, 1.807) is 0 Å². The molecule has 1 aromatic rings. The van der Waals surface area contributed by atoms with Crippen molar-refractivity contribution in [1.82, 2.24) is 4.90 Å². The minimum absolute atomic E-state index is 0.495. The number of hydrogen-bond donors (Lipinski definition) is 2. The molecule has 0 radical (unpaired) electrons. The summed E-state index contributed by atoms with van der Waals surface area (Å²) in [5, 5.41) is 8.73. The van der Waals surface area contributed by atoms with E-state index in [0.717, 1.165) is 5.69 Å². The molecule has 19 heavy (non-hydrogen) atoms. The average molecular weight is 263 g/mol. The van der Waals surface area contributed by atoms with Gasteiger partial charge in [-0.15, -0.1) is 0 Å². The zero-order valence-electron chi connectivity index (χ0n) is 10.5. The number of para-hydroxylation sites is 1. The van der Waals surface area contributed by atoms with E-state index in [4.69, 9.17) is 10.8 Å². The second-order valence-electron chi connectivity index (χ2n) is 4.46. The van der Waals surface area contributed by atoms with Crippen LogP contribution in [0, 0.1) is 0 Å². The van der Waals surface area contributed by atoms with E-state index in [1.807, 2.05) is 30.3 Å². The number of aliphatic carboxylic acids is 1. The van der Waals surface area contributed by atoms with Crippen LogP contribution in [0.3, 0.4) is 0 Å². The largest absolute Gasteiger partial charge is 0.480 e. The van der Waals surface area contributed by atoms with E-state index in [2.05, 4.69) is 4.90 Å². The Morgan fingerprint density at radius 3 is 2.21 bits per heavy atom. The Morgan fingerprint density at radius 2 is 1.68 bits per heavy atom. The Kier molecular flexibility index (Phi) is 4.01. The number of carbonyl (C=O) groups is 2. The zero-order valence-corrected chi connectivity index (χ0v) is 10.5. The number of carbonyl (C=O) groups excluding carboxylic acids is 1. The molecule has 1 aromatic carbocycles. The lowest BCUT2D eigenvalue weighted by atomic mass is 10.2. The zero-order chi connectivity index (χ0) is 13.8. The number of hydrogen-bond acceptors (Lipinski definition) is 4. The van der Waals surface area contributed by atoms with Crippen LogP contribution in [-0.4, -0.2) is 54.1 Å². The van der Waals surface area contributed by atoms with Gasteiger partial charge in [0.2, 0.25) is 0 Å². The average Bonchev–Trinajstić information content (AvgIpc) is 2.46. The molecule has 102 valence electrons. The summed E-state index contributed by atoms with van der Waals surface area (Å²) in [6.07, 6.45) is 0. The summed E-state index contributed by atoms with van der Waals surface area (Å²) < 4.78 is 0. The predicted molar refractivity (Wildman–Crippen MR) is 70.8 cm³/mol. The van der Waals surface area contributed by atoms with Crippen LogP contribution in [0.25, 0.3) is 0 Å². The number of carboxylic acid groups (broad SMARTS) is 1. The highest BCUT2D eigenvalue weighted by Gasteiger charge is 2.29. The molecule has 0 bridgehead atoms. The first-order valence-corrected chi connectivity index (χ1v) is 6.17. The van der Waals surface area contributed by atoms with E-state index in [9.17, 15) is 9.59 Å². The summed E-state index contributed by atoms with van der Waals surface area (Å²) >= 11 is 0. The molecule has 0 aromatic heterocycles. The Balaban J connectivity index is 1.93. The van der Waals surface area contributed by atoms with Crippen LogP contribution in [0.4, 0.5) is 5.69 Å². The van der Waals surface area contributed by atoms with Crippen molar-refractivity contribution in [1.29, 1.82) is 0 Å². The third kappa shape index (κ3) is 3.03. The molecule has 1 aliphatic rings. The fourth-order valence-corrected chi connectivity index (χ4v) is 2.13. The SMILES string of the molecule is NC(C(=O)O)C(=O)N1CCN(c2ccccc2)CC1. The molecule has 6 heteroatoms. The van der Waals surface area contributed by atoms with Gasteiger partial charge in [-0.25, -0.2) is 4.79 Å². The molecule has 0 spiro atoms. The predicted octanol–water partition coefficient (Wildman–Crippen LogP) is -0.253. The molecule has 2 rings (SSSR count). The molecule has 1 heterocycles.